The van der Waals surface area contributed by atoms with E-state index in [1.807, 2.05) is 13.8 Å². The molecule has 1 aromatic carbocycles. The van der Waals surface area contributed by atoms with Gasteiger partial charge in [-0.05, 0) is 31.4 Å². The number of nitrogens with two attached hydrogens (primary N) is 1. The highest BCUT2D eigenvalue weighted by Gasteiger charge is 2.15. The Morgan fingerprint density at radius 1 is 1.47 bits per heavy atom. The Hall–Kier alpha value is -1.62. The van der Waals surface area contributed by atoms with E-state index in [2.05, 4.69) is 5.32 Å². The molecule has 0 aromatic heterocycles. The summed E-state index contributed by atoms with van der Waals surface area (Å²) in [7, 11) is 0. The molecule has 0 spiro atoms. The van der Waals surface area contributed by atoms with Gasteiger partial charge in [0.25, 0.3) is 0 Å². The van der Waals surface area contributed by atoms with Gasteiger partial charge in [0.15, 0.2) is 11.6 Å². The van der Waals surface area contributed by atoms with Crippen LogP contribution in [0.4, 0.5) is 10.1 Å². The molecule has 0 saturated carbocycles. The molecule has 0 radical (unpaired) electrons. The van der Waals surface area contributed by atoms with Crippen molar-refractivity contribution in [2.75, 3.05) is 11.9 Å². The average molecular weight is 268 g/mol. The summed E-state index contributed by atoms with van der Waals surface area (Å²) in [5.41, 5.74) is 6.13. The summed E-state index contributed by atoms with van der Waals surface area (Å²) in [6.07, 6.45) is 0.589. The second-order valence-corrected chi connectivity index (χ2v) is 4.80. The molecule has 1 unspecified atom stereocenters. The number of rotatable bonds is 6. The Kier molecular flexibility index (Phi) is 5.76. The molecule has 4 nitrogen and oxygen atoms in total. The zero-order chi connectivity index (χ0) is 14.4. The molecule has 5 heteroatoms. The summed E-state index contributed by atoms with van der Waals surface area (Å²) in [5, 5.41) is 2.60. The van der Waals surface area contributed by atoms with E-state index in [4.69, 9.17) is 10.5 Å². The predicted octanol–water partition coefficient (Wildman–Crippen LogP) is 2.54. The molecular formula is C14H21FN2O2. The van der Waals surface area contributed by atoms with Crippen LogP contribution in [0.25, 0.3) is 0 Å². The number of halogens is 1. The van der Waals surface area contributed by atoms with E-state index in [0.717, 1.165) is 0 Å². The van der Waals surface area contributed by atoms with Crippen molar-refractivity contribution < 1.29 is 13.9 Å². The molecule has 0 aliphatic rings. The van der Waals surface area contributed by atoms with Gasteiger partial charge in [-0.15, -0.1) is 0 Å². The monoisotopic (exact) mass is 268 g/mol. The van der Waals surface area contributed by atoms with Crippen molar-refractivity contribution in [1.82, 2.24) is 0 Å². The lowest BCUT2D eigenvalue weighted by atomic mass is 10.0. The first kappa shape index (κ1) is 15.4. The maximum atomic E-state index is 13.6. The Labute approximate surface area is 113 Å². The maximum Gasteiger partial charge on any atom is 0.241 e. The normalized spacial score (nSPS) is 12.3. The van der Waals surface area contributed by atoms with Gasteiger partial charge in [-0.25, -0.2) is 4.39 Å². The summed E-state index contributed by atoms with van der Waals surface area (Å²) in [4.78, 5) is 11.8. The van der Waals surface area contributed by atoms with Crippen LogP contribution in [0.2, 0.25) is 0 Å². The molecule has 0 bridgehead atoms. The minimum absolute atomic E-state index is 0.173. The van der Waals surface area contributed by atoms with E-state index < -0.39 is 11.9 Å². The topological polar surface area (TPSA) is 64.3 Å². The number of nitrogens with one attached hydrogen (secondary N) is 1. The quantitative estimate of drug-likeness (QED) is 0.833. The summed E-state index contributed by atoms with van der Waals surface area (Å²) in [6, 6.07) is 3.72. The fourth-order valence-electron chi connectivity index (χ4n) is 1.70. The van der Waals surface area contributed by atoms with E-state index >= 15 is 0 Å². The van der Waals surface area contributed by atoms with E-state index in [1.54, 1.807) is 13.0 Å². The van der Waals surface area contributed by atoms with Crippen LogP contribution >= 0.6 is 0 Å². The number of hydrogen-bond donors (Lipinski definition) is 2. The summed E-state index contributed by atoms with van der Waals surface area (Å²) in [5.74, 6) is -0.306. The zero-order valence-corrected chi connectivity index (χ0v) is 11.6. The first-order valence-electron chi connectivity index (χ1n) is 6.42. The lowest BCUT2D eigenvalue weighted by molar-refractivity contribution is -0.117. The highest BCUT2D eigenvalue weighted by Crippen LogP contribution is 2.21. The number of amides is 1. The van der Waals surface area contributed by atoms with Crippen molar-refractivity contribution in [3.63, 3.8) is 0 Å². The van der Waals surface area contributed by atoms with Gasteiger partial charge < -0.3 is 15.8 Å². The molecule has 0 saturated heterocycles. The Balaban J connectivity index is 2.67. The van der Waals surface area contributed by atoms with Gasteiger partial charge in [0.1, 0.15) is 0 Å². The van der Waals surface area contributed by atoms with Crippen LogP contribution in [0.1, 0.15) is 27.2 Å². The molecule has 19 heavy (non-hydrogen) atoms. The van der Waals surface area contributed by atoms with Crippen LogP contribution in [0.3, 0.4) is 0 Å². The van der Waals surface area contributed by atoms with Crippen molar-refractivity contribution in [1.29, 1.82) is 0 Å². The minimum atomic E-state index is -0.588. The van der Waals surface area contributed by atoms with E-state index in [-0.39, 0.29) is 11.7 Å². The van der Waals surface area contributed by atoms with Gasteiger partial charge in [-0.3, -0.25) is 4.79 Å². The Morgan fingerprint density at radius 3 is 2.68 bits per heavy atom. The lowest BCUT2D eigenvalue weighted by Gasteiger charge is -2.14. The molecule has 0 aliphatic carbocycles. The van der Waals surface area contributed by atoms with Gasteiger partial charge >= 0.3 is 0 Å². The average Bonchev–Trinajstić information content (AvgIpc) is 2.32. The summed E-state index contributed by atoms with van der Waals surface area (Å²) >= 11 is 0. The fraction of sp³-hybridized carbons (Fsp3) is 0.500. The molecule has 1 aromatic rings. The van der Waals surface area contributed by atoms with E-state index in [1.165, 1.54) is 12.1 Å². The zero-order valence-electron chi connectivity index (χ0n) is 11.6. The van der Waals surface area contributed by atoms with Crippen LogP contribution in [0.15, 0.2) is 18.2 Å². The van der Waals surface area contributed by atoms with Crippen LogP contribution in [-0.2, 0) is 4.79 Å². The molecule has 0 aliphatic heterocycles. The lowest BCUT2D eigenvalue weighted by Crippen LogP contribution is -2.36. The second kappa shape index (κ2) is 7.09. The van der Waals surface area contributed by atoms with Crippen LogP contribution in [0.5, 0.6) is 5.75 Å². The van der Waals surface area contributed by atoms with Crippen molar-refractivity contribution in [3.05, 3.63) is 24.0 Å². The third kappa shape index (κ3) is 4.87. The molecule has 1 amide bonds. The van der Waals surface area contributed by atoms with Gasteiger partial charge in [0.05, 0.1) is 12.6 Å². The van der Waals surface area contributed by atoms with Crippen molar-refractivity contribution >= 4 is 11.6 Å². The third-order valence-electron chi connectivity index (χ3n) is 2.56. The maximum absolute atomic E-state index is 13.6. The van der Waals surface area contributed by atoms with Crippen molar-refractivity contribution in [3.8, 4) is 5.75 Å². The standard InChI is InChI=1S/C14H21FN2O2/c1-4-19-13-6-5-10(8-11(13)15)17-14(18)12(16)7-9(2)3/h5-6,8-9,12H,4,7,16H2,1-3H3,(H,17,18). The fourth-order valence-corrected chi connectivity index (χ4v) is 1.70. The minimum Gasteiger partial charge on any atom is -0.491 e. The summed E-state index contributed by atoms with van der Waals surface area (Å²) in [6.45, 7) is 6.15. The molecule has 0 heterocycles. The van der Waals surface area contributed by atoms with Gasteiger partial charge in [-0.1, -0.05) is 13.8 Å². The van der Waals surface area contributed by atoms with Crippen molar-refractivity contribution in [2.24, 2.45) is 11.7 Å². The molecule has 3 N–H and O–H groups in total. The molecule has 1 atom stereocenters. The highest BCUT2D eigenvalue weighted by molar-refractivity contribution is 5.94. The number of carbonyl (C=O) groups is 1. The first-order valence-corrected chi connectivity index (χ1v) is 6.42. The Bertz CT molecular complexity index is 435. The third-order valence-corrected chi connectivity index (χ3v) is 2.56. The second-order valence-electron chi connectivity index (χ2n) is 4.80. The number of benzene rings is 1. The molecule has 0 fully saturated rings. The summed E-state index contributed by atoms with van der Waals surface area (Å²) < 4.78 is 18.7. The van der Waals surface area contributed by atoms with Gasteiger partial charge in [-0.2, -0.15) is 0 Å². The molecule has 106 valence electrons. The number of anilines is 1. The number of carbonyl (C=O) groups excluding carboxylic acids is 1. The molecule has 1 rings (SSSR count). The first-order chi connectivity index (χ1) is 8.93. The van der Waals surface area contributed by atoms with Crippen LogP contribution in [-0.4, -0.2) is 18.6 Å². The van der Waals surface area contributed by atoms with Crippen LogP contribution < -0.4 is 15.8 Å². The smallest absolute Gasteiger partial charge is 0.241 e. The van der Waals surface area contributed by atoms with Gasteiger partial charge in [0.2, 0.25) is 5.91 Å². The Morgan fingerprint density at radius 2 is 2.16 bits per heavy atom. The van der Waals surface area contributed by atoms with Gasteiger partial charge in [0, 0.05) is 11.8 Å². The van der Waals surface area contributed by atoms with E-state index in [9.17, 15) is 9.18 Å². The van der Waals surface area contributed by atoms with Crippen molar-refractivity contribution in [2.45, 2.75) is 33.2 Å². The largest absolute Gasteiger partial charge is 0.491 e. The SMILES string of the molecule is CCOc1ccc(NC(=O)C(N)CC(C)C)cc1F. The van der Waals surface area contributed by atoms with E-state index in [0.29, 0.717) is 24.6 Å². The highest BCUT2D eigenvalue weighted by atomic mass is 19.1. The molecular weight excluding hydrogens is 247 g/mol. The van der Waals surface area contributed by atoms with Crippen LogP contribution in [0, 0.1) is 11.7 Å². The predicted molar refractivity (Wildman–Crippen MR) is 73.6 cm³/mol. The number of ether oxygens (including phenoxy) is 1. The number of hydrogen-bond acceptors (Lipinski definition) is 3.